The highest BCUT2D eigenvalue weighted by molar-refractivity contribution is 9.10. The normalized spacial score (nSPS) is 11.1. The molecular weight excluding hydrogens is 348 g/mol. The largest absolute Gasteiger partial charge is 0.321 e. The summed E-state index contributed by atoms with van der Waals surface area (Å²) in [6, 6.07) is 15.4. The van der Waals surface area contributed by atoms with Gasteiger partial charge >= 0.3 is 0 Å². The van der Waals surface area contributed by atoms with E-state index in [0.29, 0.717) is 0 Å². The molecule has 5 heteroatoms. The Labute approximate surface area is 134 Å². The number of benzene rings is 2. The second-order valence-corrected chi connectivity index (χ2v) is 6.24. The maximum Gasteiger partial charge on any atom is 0.248 e. The molecule has 0 saturated heterocycles. The predicted octanol–water partition coefficient (Wildman–Crippen LogP) is 4.71. The van der Waals surface area contributed by atoms with Gasteiger partial charge in [0.05, 0.1) is 15.9 Å². The average Bonchev–Trinajstić information content (AvgIpc) is 2.90. The fourth-order valence-electron chi connectivity index (χ4n) is 1.85. The second-order valence-electron chi connectivity index (χ2n) is 4.32. The molecule has 0 unspecified atom stereocenters. The first-order valence-electron chi connectivity index (χ1n) is 6.31. The number of anilines is 1. The second kappa shape index (κ2) is 6.20. The molecule has 3 rings (SSSR count). The summed E-state index contributed by atoms with van der Waals surface area (Å²) in [5.74, 6) is -0.179. The molecule has 0 aliphatic carbocycles. The highest BCUT2D eigenvalue weighted by Gasteiger charge is 2.03. The third-order valence-electron chi connectivity index (χ3n) is 2.82. The van der Waals surface area contributed by atoms with Gasteiger partial charge in [-0.2, -0.15) is 0 Å². The lowest BCUT2D eigenvalue weighted by atomic mass is 10.3. The molecule has 1 amide bonds. The highest BCUT2D eigenvalue weighted by atomic mass is 79.9. The molecule has 2 aromatic carbocycles. The van der Waals surface area contributed by atoms with E-state index < -0.39 is 0 Å². The van der Waals surface area contributed by atoms with Crippen molar-refractivity contribution >= 4 is 55.2 Å². The van der Waals surface area contributed by atoms with Gasteiger partial charge in [-0.25, -0.2) is 4.98 Å². The number of nitrogens with one attached hydrogen (secondary N) is 1. The fraction of sp³-hybridized carbons (Fsp3) is 0. The van der Waals surface area contributed by atoms with E-state index in [1.165, 1.54) is 6.08 Å². The SMILES string of the molecule is O=C(/C=C/c1nc2ccccc2s1)Nc1ccccc1Br. The summed E-state index contributed by atoms with van der Waals surface area (Å²) < 4.78 is 1.97. The van der Waals surface area contributed by atoms with Crippen LogP contribution >= 0.6 is 27.3 Å². The van der Waals surface area contributed by atoms with Crippen LogP contribution < -0.4 is 5.32 Å². The van der Waals surface area contributed by atoms with E-state index >= 15 is 0 Å². The van der Waals surface area contributed by atoms with Crippen LogP contribution in [0.25, 0.3) is 16.3 Å². The van der Waals surface area contributed by atoms with Crippen molar-refractivity contribution in [2.75, 3.05) is 5.32 Å². The average molecular weight is 359 g/mol. The Morgan fingerprint density at radius 2 is 1.90 bits per heavy atom. The van der Waals surface area contributed by atoms with E-state index in [4.69, 9.17) is 0 Å². The van der Waals surface area contributed by atoms with Crippen molar-refractivity contribution in [3.05, 3.63) is 64.1 Å². The van der Waals surface area contributed by atoms with Gasteiger partial charge in [-0.3, -0.25) is 4.79 Å². The van der Waals surface area contributed by atoms with Gasteiger partial charge in [0.1, 0.15) is 5.01 Å². The molecule has 1 N–H and O–H groups in total. The van der Waals surface area contributed by atoms with Crippen LogP contribution in [0.1, 0.15) is 5.01 Å². The van der Waals surface area contributed by atoms with Crippen LogP contribution in [-0.4, -0.2) is 10.9 Å². The molecule has 0 radical (unpaired) electrons. The number of amides is 1. The summed E-state index contributed by atoms with van der Waals surface area (Å²) in [6.45, 7) is 0. The summed E-state index contributed by atoms with van der Waals surface area (Å²) in [7, 11) is 0. The van der Waals surface area contributed by atoms with Crippen LogP contribution in [0.5, 0.6) is 0 Å². The van der Waals surface area contributed by atoms with Crippen LogP contribution in [0.15, 0.2) is 59.1 Å². The van der Waals surface area contributed by atoms with Crippen LogP contribution in [0, 0.1) is 0 Å². The van der Waals surface area contributed by atoms with Crippen molar-refractivity contribution in [2.24, 2.45) is 0 Å². The summed E-state index contributed by atoms with van der Waals surface area (Å²) in [5, 5.41) is 3.64. The summed E-state index contributed by atoms with van der Waals surface area (Å²) in [5.41, 5.74) is 1.70. The van der Waals surface area contributed by atoms with Gasteiger partial charge in [-0.15, -0.1) is 11.3 Å². The smallest absolute Gasteiger partial charge is 0.248 e. The number of para-hydroxylation sites is 2. The lowest BCUT2D eigenvalue weighted by Crippen LogP contribution is -2.07. The van der Waals surface area contributed by atoms with E-state index in [1.54, 1.807) is 17.4 Å². The minimum atomic E-state index is -0.179. The van der Waals surface area contributed by atoms with Gasteiger partial charge in [-0.1, -0.05) is 24.3 Å². The van der Waals surface area contributed by atoms with Crippen LogP contribution in [0.3, 0.4) is 0 Å². The zero-order valence-corrected chi connectivity index (χ0v) is 13.3. The maximum absolute atomic E-state index is 11.9. The molecule has 3 aromatic rings. The number of halogens is 1. The zero-order chi connectivity index (χ0) is 14.7. The highest BCUT2D eigenvalue weighted by Crippen LogP contribution is 2.23. The topological polar surface area (TPSA) is 42.0 Å². The Kier molecular flexibility index (Phi) is 4.13. The molecule has 0 bridgehead atoms. The van der Waals surface area contributed by atoms with E-state index in [-0.39, 0.29) is 5.91 Å². The monoisotopic (exact) mass is 358 g/mol. The summed E-state index contributed by atoms with van der Waals surface area (Å²) in [6.07, 6.45) is 3.23. The van der Waals surface area contributed by atoms with E-state index in [0.717, 1.165) is 25.4 Å². The predicted molar refractivity (Wildman–Crippen MR) is 91.4 cm³/mol. The molecular formula is C16H11BrN2OS. The van der Waals surface area contributed by atoms with Gasteiger partial charge in [0.2, 0.25) is 5.91 Å². The number of thiazole rings is 1. The molecule has 104 valence electrons. The summed E-state index contributed by atoms with van der Waals surface area (Å²) in [4.78, 5) is 16.4. The molecule has 0 atom stereocenters. The maximum atomic E-state index is 11.9. The number of fused-ring (bicyclic) bond motifs is 1. The number of carbonyl (C=O) groups excluding carboxylic acids is 1. The van der Waals surface area contributed by atoms with Crippen molar-refractivity contribution in [1.29, 1.82) is 0 Å². The molecule has 0 aliphatic rings. The molecule has 3 nitrogen and oxygen atoms in total. The first kappa shape index (κ1) is 14.0. The number of hydrogen-bond donors (Lipinski definition) is 1. The van der Waals surface area contributed by atoms with Crippen molar-refractivity contribution in [3.63, 3.8) is 0 Å². The zero-order valence-electron chi connectivity index (χ0n) is 10.9. The Morgan fingerprint density at radius 1 is 1.14 bits per heavy atom. The standard InChI is InChI=1S/C16H11BrN2OS/c17-11-5-1-2-6-12(11)18-15(20)9-10-16-19-13-7-3-4-8-14(13)21-16/h1-10H,(H,18,20)/b10-9+. The molecule has 21 heavy (non-hydrogen) atoms. The van der Waals surface area contributed by atoms with Crippen molar-refractivity contribution in [1.82, 2.24) is 4.98 Å². The molecule has 0 aliphatic heterocycles. The van der Waals surface area contributed by atoms with Crippen molar-refractivity contribution in [3.8, 4) is 0 Å². The lowest BCUT2D eigenvalue weighted by molar-refractivity contribution is -0.111. The third kappa shape index (κ3) is 3.37. The Morgan fingerprint density at radius 3 is 2.71 bits per heavy atom. The quantitative estimate of drug-likeness (QED) is 0.688. The first-order valence-corrected chi connectivity index (χ1v) is 7.92. The molecule has 1 aromatic heterocycles. The minimum absolute atomic E-state index is 0.179. The van der Waals surface area contributed by atoms with Crippen molar-refractivity contribution in [2.45, 2.75) is 0 Å². The van der Waals surface area contributed by atoms with Gasteiger partial charge in [0.25, 0.3) is 0 Å². The molecule has 0 saturated carbocycles. The fourth-order valence-corrected chi connectivity index (χ4v) is 3.10. The number of aromatic nitrogens is 1. The van der Waals surface area contributed by atoms with Crippen LogP contribution in [0.2, 0.25) is 0 Å². The Balaban J connectivity index is 1.73. The molecule has 0 spiro atoms. The van der Waals surface area contributed by atoms with Crippen LogP contribution in [0.4, 0.5) is 5.69 Å². The minimum Gasteiger partial charge on any atom is -0.321 e. The third-order valence-corrected chi connectivity index (χ3v) is 4.51. The molecule has 0 fully saturated rings. The Hall–Kier alpha value is -1.98. The summed E-state index contributed by atoms with van der Waals surface area (Å²) >= 11 is 4.96. The van der Waals surface area contributed by atoms with Gasteiger partial charge in [0, 0.05) is 10.5 Å². The number of rotatable bonds is 3. The molecule has 1 heterocycles. The van der Waals surface area contributed by atoms with Crippen molar-refractivity contribution < 1.29 is 4.79 Å². The van der Waals surface area contributed by atoms with E-state index in [9.17, 15) is 4.79 Å². The van der Waals surface area contributed by atoms with E-state index in [1.807, 2.05) is 48.5 Å². The first-order chi connectivity index (χ1) is 10.2. The van der Waals surface area contributed by atoms with E-state index in [2.05, 4.69) is 26.2 Å². The van der Waals surface area contributed by atoms with Gasteiger partial charge in [-0.05, 0) is 46.3 Å². The Bertz CT molecular complexity index is 793. The lowest BCUT2D eigenvalue weighted by Gasteiger charge is -2.03. The number of hydrogen-bond acceptors (Lipinski definition) is 3. The number of nitrogens with zero attached hydrogens (tertiary/aromatic N) is 1. The number of carbonyl (C=O) groups is 1. The van der Waals surface area contributed by atoms with Crippen LogP contribution in [-0.2, 0) is 4.79 Å². The van der Waals surface area contributed by atoms with Gasteiger partial charge in [0.15, 0.2) is 0 Å². The van der Waals surface area contributed by atoms with Gasteiger partial charge < -0.3 is 5.32 Å².